The number of hydrogen-bond acceptors (Lipinski definition) is 6. The summed E-state index contributed by atoms with van der Waals surface area (Å²) < 4.78 is 10.4. The number of phenolic OH excluding ortho intramolecular Hbond substituents is 2. The Morgan fingerprint density at radius 3 is 2.08 bits per heavy atom. The van der Waals surface area contributed by atoms with Crippen LogP contribution in [-0.2, 0) is 4.79 Å². The van der Waals surface area contributed by atoms with Crippen molar-refractivity contribution in [3.05, 3.63) is 48.0 Å². The number of carbonyl (C=O) groups excluding carboxylic acids is 2. The molecule has 0 saturated heterocycles. The number of rotatable bonds is 5. The number of phenols is 2. The standard InChI is InChI=1S/C19H20O6/c1-4-19(2,3)18(23)25-13-7-5-12(6-8-13)17(22)24-14-9-10-15(20)16(21)11-14/h5-11,20-21H,4H2,1-3H3. The summed E-state index contributed by atoms with van der Waals surface area (Å²) in [5.74, 6) is -1.24. The minimum Gasteiger partial charge on any atom is -0.504 e. The van der Waals surface area contributed by atoms with E-state index < -0.39 is 11.4 Å². The molecule has 0 aromatic heterocycles. The van der Waals surface area contributed by atoms with E-state index in [1.165, 1.54) is 36.4 Å². The van der Waals surface area contributed by atoms with Crippen LogP contribution in [0.2, 0.25) is 0 Å². The van der Waals surface area contributed by atoms with Crippen LogP contribution in [0.25, 0.3) is 0 Å². The maximum Gasteiger partial charge on any atom is 0.343 e. The summed E-state index contributed by atoms with van der Waals surface area (Å²) in [6.07, 6.45) is 0.649. The molecule has 0 heterocycles. The molecule has 6 heteroatoms. The van der Waals surface area contributed by atoms with E-state index in [0.29, 0.717) is 12.2 Å². The lowest BCUT2D eigenvalue weighted by Gasteiger charge is -2.20. The average molecular weight is 344 g/mol. The molecule has 2 aromatic rings. The molecule has 0 bridgehead atoms. The highest BCUT2D eigenvalue weighted by molar-refractivity contribution is 5.91. The first-order valence-corrected chi connectivity index (χ1v) is 7.79. The van der Waals surface area contributed by atoms with Gasteiger partial charge in [0.25, 0.3) is 0 Å². The van der Waals surface area contributed by atoms with Gasteiger partial charge in [0.15, 0.2) is 11.5 Å². The van der Waals surface area contributed by atoms with Crippen LogP contribution in [0.4, 0.5) is 0 Å². The first-order valence-electron chi connectivity index (χ1n) is 7.79. The Morgan fingerprint density at radius 2 is 1.52 bits per heavy atom. The topological polar surface area (TPSA) is 93.1 Å². The zero-order valence-electron chi connectivity index (χ0n) is 14.3. The number of aromatic hydroxyl groups is 2. The van der Waals surface area contributed by atoms with Crippen LogP contribution >= 0.6 is 0 Å². The molecule has 0 aliphatic rings. The van der Waals surface area contributed by atoms with E-state index in [2.05, 4.69) is 0 Å². The van der Waals surface area contributed by atoms with Crippen molar-refractivity contribution in [3.8, 4) is 23.0 Å². The smallest absolute Gasteiger partial charge is 0.343 e. The Kier molecular flexibility index (Phi) is 5.32. The van der Waals surface area contributed by atoms with Crippen molar-refractivity contribution < 1.29 is 29.3 Å². The monoisotopic (exact) mass is 344 g/mol. The van der Waals surface area contributed by atoms with Crippen molar-refractivity contribution in [2.45, 2.75) is 27.2 Å². The number of benzene rings is 2. The zero-order chi connectivity index (χ0) is 18.6. The lowest BCUT2D eigenvalue weighted by Crippen LogP contribution is -2.28. The second kappa shape index (κ2) is 7.25. The van der Waals surface area contributed by atoms with Crippen molar-refractivity contribution in [1.82, 2.24) is 0 Å². The maximum atomic E-state index is 12.1. The predicted octanol–water partition coefficient (Wildman–Crippen LogP) is 3.66. The van der Waals surface area contributed by atoms with Gasteiger partial charge in [0, 0.05) is 6.07 Å². The Labute approximate surface area is 145 Å². The Hall–Kier alpha value is -3.02. The molecule has 132 valence electrons. The Balaban J connectivity index is 2.05. The van der Waals surface area contributed by atoms with E-state index in [1.807, 2.05) is 6.92 Å². The Morgan fingerprint density at radius 1 is 0.920 bits per heavy atom. The second-order valence-corrected chi connectivity index (χ2v) is 6.19. The number of esters is 2. The van der Waals surface area contributed by atoms with Crippen molar-refractivity contribution in [2.75, 3.05) is 0 Å². The van der Waals surface area contributed by atoms with Crippen LogP contribution in [0.1, 0.15) is 37.6 Å². The molecular weight excluding hydrogens is 324 g/mol. The van der Waals surface area contributed by atoms with Crippen molar-refractivity contribution >= 4 is 11.9 Å². The lowest BCUT2D eigenvalue weighted by atomic mass is 9.91. The molecule has 6 nitrogen and oxygen atoms in total. The van der Waals surface area contributed by atoms with Gasteiger partial charge in [0.2, 0.25) is 0 Å². The van der Waals surface area contributed by atoms with Gasteiger partial charge in [-0.05, 0) is 56.7 Å². The lowest BCUT2D eigenvalue weighted by molar-refractivity contribution is -0.144. The molecule has 0 fully saturated rings. The highest BCUT2D eigenvalue weighted by atomic mass is 16.5. The zero-order valence-corrected chi connectivity index (χ0v) is 14.3. The van der Waals surface area contributed by atoms with Crippen molar-refractivity contribution in [2.24, 2.45) is 5.41 Å². The van der Waals surface area contributed by atoms with Crippen LogP contribution < -0.4 is 9.47 Å². The molecular formula is C19H20O6. The number of carbonyl (C=O) groups is 2. The summed E-state index contributed by atoms with van der Waals surface area (Å²) >= 11 is 0. The third-order valence-electron chi connectivity index (χ3n) is 3.89. The van der Waals surface area contributed by atoms with Crippen LogP contribution in [0.3, 0.4) is 0 Å². The highest BCUT2D eigenvalue weighted by Crippen LogP contribution is 2.29. The van der Waals surface area contributed by atoms with Gasteiger partial charge in [-0.25, -0.2) is 4.79 Å². The van der Waals surface area contributed by atoms with Gasteiger partial charge < -0.3 is 19.7 Å². The molecule has 2 rings (SSSR count). The fourth-order valence-electron chi connectivity index (χ4n) is 1.78. The van der Waals surface area contributed by atoms with Gasteiger partial charge in [0.1, 0.15) is 11.5 Å². The summed E-state index contributed by atoms with van der Waals surface area (Å²) in [4.78, 5) is 24.1. The largest absolute Gasteiger partial charge is 0.504 e. The molecule has 0 amide bonds. The van der Waals surface area contributed by atoms with Crippen molar-refractivity contribution in [1.29, 1.82) is 0 Å². The van der Waals surface area contributed by atoms with E-state index >= 15 is 0 Å². The molecule has 0 radical (unpaired) electrons. The highest BCUT2D eigenvalue weighted by Gasteiger charge is 2.27. The molecule has 0 aliphatic carbocycles. The SMILES string of the molecule is CCC(C)(C)C(=O)Oc1ccc(C(=O)Oc2ccc(O)c(O)c2)cc1. The summed E-state index contributed by atoms with van der Waals surface area (Å²) in [6.45, 7) is 5.50. The first-order chi connectivity index (χ1) is 11.7. The molecule has 2 aromatic carbocycles. The first kappa shape index (κ1) is 18.3. The van der Waals surface area contributed by atoms with Crippen LogP contribution in [0.5, 0.6) is 23.0 Å². The number of hydrogen-bond donors (Lipinski definition) is 2. The molecule has 0 atom stereocenters. The quantitative estimate of drug-likeness (QED) is 0.488. The average Bonchev–Trinajstić information content (AvgIpc) is 2.58. The maximum absolute atomic E-state index is 12.1. The third-order valence-corrected chi connectivity index (χ3v) is 3.89. The molecule has 0 aliphatic heterocycles. The van der Waals surface area contributed by atoms with Crippen molar-refractivity contribution in [3.63, 3.8) is 0 Å². The van der Waals surface area contributed by atoms with Gasteiger partial charge >= 0.3 is 11.9 Å². The molecule has 2 N–H and O–H groups in total. The summed E-state index contributed by atoms with van der Waals surface area (Å²) in [5, 5.41) is 18.6. The minimum atomic E-state index is -0.642. The normalized spacial score (nSPS) is 11.0. The van der Waals surface area contributed by atoms with E-state index in [1.54, 1.807) is 13.8 Å². The number of ether oxygens (including phenoxy) is 2. The van der Waals surface area contributed by atoms with Gasteiger partial charge in [0.05, 0.1) is 11.0 Å². The fourth-order valence-corrected chi connectivity index (χ4v) is 1.78. The third kappa shape index (κ3) is 4.50. The summed E-state index contributed by atoms with van der Waals surface area (Å²) in [5.41, 5.74) is -0.333. The second-order valence-electron chi connectivity index (χ2n) is 6.19. The van der Waals surface area contributed by atoms with E-state index in [4.69, 9.17) is 9.47 Å². The van der Waals surface area contributed by atoms with E-state index in [-0.39, 0.29) is 28.8 Å². The molecule has 25 heavy (non-hydrogen) atoms. The van der Waals surface area contributed by atoms with Gasteiger partial charge in [-0.3, -0.25) is 4.79 Å². The molecule has 0 saturated carbocycles. The van der Waals surface area contributed by atoms with Gasteiger partial charge in [-0.1, -0.05) is 6.92 Å². The Bertz CT molecular complexity index is 777. The van der Waals surface area contributed by atoms with Crippen LogP contribution in [-0.4, -0.2) is 22.2 Å². The summed E-state index contributed by atoms with van der Waals surface area (Å²) in [7, 11) is 0. The van der Waals surface area contributed by atoms with E-state index in [0.717, 1.165) is 6.07 Å². The molecule has 0 unspecified atom stereocenters. The summed E-state index contributed by atoms with van der Waals surface area (Å²) in [6, 6.07) is 9.68. The van der Waals surface area contributed by atoms with Crippen LogP contribution in [0.15, 0.2) is 42.5 Å². The predicted molar refractivity (Wildman–Crippen MR) is 90.9 cm³/mol. The fraction of sp³-hybridized carbons (Fsp3) is 0.263. The minimum absolute atomic E-state index is 0.0977. The van der Waals surface area contributed by atoms with Crippen LogP contribution in [0, 0.1) is 5.41 Å². The van der Waals surface area contributed by atoms with E-state index in [9.17, 15) is 19.8 Å². The van der Waals surface area contributed by atoms with Gasteiger partial charge in [-0.15, -0.1) is 0 Å². The molecule has 0 spiro atoms. The van der Waals surface area contributed by atoms with Gasteiger partial charge in [-0.2, -0.15) is 0 Å².